The van der Waals surface area contributed by atoms with Crippen molar-refractivity contribution in [1.29, 1.82) is 0 Å². The molecule has 0 bridgehead atoms. The Morgan fingerprint density at radius 2 is 2.00 bits per heavy atom. The number of halogens is 2. The Hall–Kier alpha value is -1.71. The lowest BCUT2D eigenvalue weighted by Gasteiger charge is -2.06. The van der Waals surface area contributed by atoms with Crippen molar-refractivity contribution in [2.45, 2.75) is 6.54 Å². The fourth-order valence-corrected chi connectivity index (χ4v) is 2.35. The van der Waals surface area contributed by atoms with Gasteiger partial charge in [-0.1, -0.05) is 29.8 Å². The average Bonchev–Trinajstić information content (AvgIpc) is 2.74. The maximum Gasteiger partial charge on any atom is 0.199 e. The Morgan fingerprint density at radius 1 is 1.16 bits per heavy atom. The van der Waals surface area contributed by atoms with Crippen molar-refractivity contribution < 1.29 is 4.42 Å². The van der Waals surface area contributed by atoms with Gasteiger partial charge in [-0.15, -0.1) is 0 Å². The van der Waals surface area contributed by atoms with Crippen LogP contribution < -0.4 is 5.32 Å². The number of hydrogen-bond donors (Lipinski definition) is 1. The van der Waals surface area contributed by atoms with Gasteiger partial charge in [0.2, 0.25) is 0 Å². The maximum absolute atomic E-state index is 6.12. The van der Waals surface area contributed by atoms with E-state index in [1.165, 1.54) is 0 Å². The van der Waals surface area contributed by atoms with Crippen molar-refractivity contribution >= 4 is 39.9 Å². The standard InChI is InChI=1S/C14H10Cl2N2O/c15-11-5-6-17-8-12(11)18-7-10-9-3-1-2-4-13(9)19-14(10)16/h1-6,8,18H,7H2. The van der Waals surface area contributed by atoms with Crippen LogP contribution in [0, 0.1) is 0 Å². The molecule has 0 aliphatic carbocycles. The smallest absolute Gasteiger partial charge is 0.199 e. The summed E-state index contributed by atoms with van der Waals surface area (Å²) < 4.78 is 5.49. The number of aromatic nitrogens is 1. The number of hydrogen-bond acceptors (Lipinski definition) is 3. The average molecular weight is 293 g/mol. The first-order valence-corrected chi connectivity index (χ1v) is 6.50. The quantitative estimate of drug-likeness (QED) is 0.757. The molecule has 3 nitrogen and oxygen atoms in total. The number of anilines is 1. The molecule has 1 aromatic carbocycles. The van der Waals surface area contributed by atoms with Gasteiger partial charge in [0.25, 0.3) is 0 Å². The molecule has 1 N–H and O–H groups in total. The first kappa shape index (κ1) is 12.3. The number of furan rings is 1. The molecule has 0 unspecified atom stereocenters. The van der Waals surface area contributed by atoms with Crippen molar-refractivity contribution in [3.05, 3.63) is 58.5 Å². The van der Waals surface area contributed by atoms with E-state index in [1.54, 1.807) is 18.5 Å². The highest BCUT2D eigenvalue weighted by molar-refractivity contribution is 6.33. The van der Waals surface area contributed by atoms with Gasteiger partial charge >= 0.3 is 0 Å². The second-order valence-corrected chi connectivity index (χ2v) is 4.81. The fraction of sp³-hybridized carbons (Fsp3) is 0.0714. The minimum atomic E-state index is 0.397. The summed E-state index contributed by atoms with van der Waals surface area (Å²) in [6, 6.07) is 9.47. The molecule has 0 aliphatic rings. The molecule has 2 heterocycles. The molecule has 0 atom stereocenters. The van der Waals surface area contributed by atoms with Gasteiger partial charge in [0, 0.05) is 23.7 Å². The summed E-state index contributed by atoms with van der Waals surface area (Å²) in [5.74, 6) is 0. The number of fused-ring (bicyclic) bond motifs is 1. The Kier molecular flexibility index (Phi) is 3.32. The van der Waals surface area contributed by atoms with Crippen LogP contribution >= 0.6 is 23.2 Å². The zero-order valence-corrected chi connectivity index (χ0v) is 11.4. The van der Waals surface area contributed by atoms with Gasteiger partial charge in [-0.05, 0) is 23.7 Å². The zero-order chi connectivity index (χ0) is 13.2. The largest absolute Gasteiger partial charge is 0.444 e. The molecular formula is C14H10Cl2N2O. The van der Waals surface area contributed by atoms with Crippen LogP contribution in [0.15, 0.2) is 47.1 Å². The minimum Gasteiger partial charge on any atom is -0.444 e. The summed E-state index contributed by atoms with van der Waals surface area (Å²) in [4.78, 5) is 4.03. The Balaban J connectivity index is 1.90. The van der Waals surface area contributed by atoms with E-state index in [0.29, 0.717) is 16.8 Å². The van der Waals surface area contributed by atoms with Gasteiger partial charge < -0.3 is 9.73 Å². The van der Waals surface area contributed by atoms with Crippen LogP contribution in [-0.2, 0) is 6.54 Å². The van der Waals surface area contributed by atoms with E-state index in [1.807, 2.05) is 24.3 Å². The van der Waals surface area contributed by atoms with Crippen LogP contribution in [0.4, 0.5) is 5.69 Å². The molecule has 0 aliphatic heterocycles. The van der Waals surface area contributed by atoms with Crippen LogP contribution in [0.25, 0.3) is 11.0 Å². The van der Waals surface area contributed by atoms with Gasteiger partial charge in [0.1, 0.15) is 5.58 Å². The van der Waals surface area contributed by atoms with Crippen molar-refractivity contribution in [3.63, 3.8) is 0 Å². The number of nitrogens with one attached hydrogen (secondary N) is 1. The van der Waals surface area contributed by atoms with E-state index in [-0.39, 0.29) is 0 Å². The zero-order valence-electron chi connectivity index (χ0n) is 9.86. The van der Waals surface area contributed by atoms with Crippen LogP contribution in [0.3, 0.4) is 0 Å². The third-order valence-electron chi connectivity index (χ3n) is 2.87. The van der Waals surface area contributed by atoms with E-state index < -0.39 is 0 Å². The molecule has 96 valence electrons. The van der Waals surface area contributed by atoms with Crippen molar-refractivity contribution in [1.82, 2.24) is 4.98 Å². The van der Waals surface area contributed by atoms with Gasteiger partial charge in [-0.3, -0.25) is 4.98 Å². The molecule has 0 fully saturated rings. The first-order chi connectivity index (χ1) is 9.25. The van der Waals surface area contributed by atoms with E-state index in [4.69, 9.17) is 27.6 Å². The number of pyridine rings is 1. The van der Waals surface area contributed by atoms with Crippen molar-refractivity contribution in [3.8, 4) is 0 Å². The van der Waals surface area contributed by atoms with Gasteiger partial charge in [0.15, 0.2) is 5.22 Å². The van der Waals surface area contributed by atoms with E-state index >= 15 is 0 Å². The fourth-order valence-electron chi connectivity index (χ4n) is 1.92. The molecule has 3 aromatic rings. The third-order valence-corrected chi connectivity index (χ3v) is 3.51. The predicted octanol–water partition coefficient (Wildman–Crippen LogP) is 4.75. The molecule has 0 radical (unpaired) electrons. The molecular weight excluding hydrogens is 283 g/mol. The number of benzene rings is 1. The molecule has 2 aromatic heterocycles. The highest BCUT2D eigenvalue weighted by Gasteiger charge is 2.12. The lowest BCUT2D eigenvalue weighted by atomic mass is 10.2. The SMILES string of the molecule is Clc1ccncc1NCc1c(Cl)oc2ccccc12. The topological polar surface area (TPSA) is 38.1 Å². The van der Waals surface area contributed by atoms with E-state index in [9.17, 15) is 0 Å². The molecule has 5 heteroatoms. The van der Waals surface area contributed by atoms with Gasteiger partial charge in [0.05, 0.1) is 16.9 Å². The number of nitrogens with zero attached hydrogens (tertiary/aromatic N) is 1. The van der Waals surface area contributed by atoms with Crippen LogP contribution in [-0.4, -0.2) is 4.98 Å². The Bertz CT molecular complexity index is 724. The summed E-state index contributed by atoms with van der Waals surface area (Å²) in [5, 5.41) is 5.23. The van der Waals surface area contributed by atoms with Crippen LogP contribution in [0.5, 0.6) is 0 Å². The second kappa shape index (κ2) is 5.11. The molecule has 0 saturated heterocycles. The van der Waals surface area contributed by atoms with Crippen molar-refractivity contribution in [2.75, 3.05) is 5.32 Å². The molecule has 0 amide bonds. The Morgan fingerprint density at radius 3 is 2.84 bits per heavy atom. The lowest BCUT2D eigenvalue weighted by Crippen LogP contribution is -2.00. The summed E-state index contributed by atoms with van der Waals surface area (Å²) in [6.45, 7) is 0.529. The monoisotopic (exact) mass is 292 g/mol. The highest BCUT2D eigenvalue weighted by Crippen LogP contribution is 2.30. The predicted molar refractivity (Wildman–Crippen MR) is 77.8 cm³/mol. The Labute approximate surface area is 120 Å². The first-order valence-electron chi connectivity index (χ1n) is 5.75. The summed E-state index contributed by atoms with van der Waals surface area (Å²) in [7, 11) is 0. The number of para-hydroxylation sites is 1. The minimum absolute atomic E-state index is 0.397. The molecule has 0 spiro atoms. The van der Waals surface area contributed by atoms with Crippen molar-refractivity contribution in [2.24, 2.45) is 0 Å². The molecule has 19 heavy (non-hydrogen) atoms. The summed E-state index contributed by atoms with van der Waals surface area (Å²) in [5.41, 5.74) is 2.46. The van der Waals surface area contributed by atoms with Crippen LogP contribution in [0.1, 0.15) is 5.56 Å². The summed E-state index contributed by atoms with van der Waals surface area (Å²) in [6.07, 6.45) is 3.33. The third kappa shape index (κ3) is 2.39. The number of rotatable bonds is 3. The second-order valence-electron chi connectivity index (χ2n) is 4.06. The summed E-state index contributed by atoms with van der Waals surface area (Å²) >= 11 is 12.2. The maximum atomic E-state index is 6.12. The van der Waals surface area contributed by atoms with E-state index in [2.05, 4.69) is 10.3 Å². The molecule has 3 rings (SSSR count). The van der Waals surface area contributed by atoms with E-state index in [0.717, 1.165) is 22.2 Å². The van der Waals surface area contributed by atoms with Crippen LogP contribution in [0.2, 0.25) is 10.2 Å². The lowest BCUT2D eigenvalue weighted by molar-refractivity contribution is 0.613. The van der Waals surface area contributed by atoms with Gasteiger partial charge in [-0.2, -0.15) is 0 Å². The van der Waals surface area contributed by atoms with Gasteiger partial charge in [-0.25, -0.2) is 0 Å². The normalized spacial score (nSPS) is 10.8. The highest BCUT2D eigenvalue weighted by atomic mass is 35.5. The molecule has 0 saturated carbocycles.